The summed E-state index contributed by atoms with van der Waals surface area (Å²) >= 11 is 0.864. The van der Waals surface area contributed by atoms with Crippen LogP contribution in [-0.2, 0) is 0 Å². The Morgan fingerprint density at radius 2 is 1.88 bits per heavy atom. The number of amides is 1. The van der Waals surface area contributed by atoms with Gasteiger partial charge in [0.15, 0.2) is 5.13 Å². The number of alkyl halides is 3. The molecule has 2 aromatic carbocycles. The van der Waals surface area contributed by atoms with Crippen LogP contribution in [0.15, 0.2) is 36.4 Å². The van der Waals surface area contributed by atoms with Crippen LogP contribution >= 0.6 is 11.3 Å². The van der Waals surface area contributed by atoms with E-state index in [9.17, 15) is 26.7 Å². The van der Waals surface area contributed by atoms with Gasteiger partial charge in [-0.25, -0.2) is 13.8 Å². The Bertz CT molecular complexity index is 955. The molecule has 3 rings (SSSR count). The molecular weight excluding hydrogens is 367 g/mol. The van der Waals surface area contributed by atoms with Crippen LogP contribution in [0.3, 0.4) is 0 Å². The quantitative estimate of drug-likeness (QED) is 0.675. The van der Waals surface area contributed by atoms with Crippen molar-refractivity contribution in [2.24, 2.45) is 0 Å². The summed E-state index contributed by atoms with van der Waals surface area (Å²) < 4.78 is 67.5. The fraction of sp³-hybridized carbons (Fsp3) is 0.0667. The van der Waals surface area contributed by atoms with Crippen molar-refractivity contribution in [2.45, 2.75) is 6.36 Å². The number of rotatable bonds is 3. The minimum absolute atomic E-state index is 0.0211. The maximum atomic E-state index is 13.6. The topological polar surface area (TPSA) is 51.2 Å². The van der Waals surface area contributed by atoms with Crippen molar-refractivity contribution >= 4 is 32.6 Å². The zero-order valence-electron chi connectivity index (χ0n) is 12.0. The Balaban J connectivity index is 1.84. The normalized spacial score (nSPS) is 11.6. The van der Waals surface area contributed by atoms with Crippen molar-refractivity contribution in [1.29, 1.82) is 0 Å². The smallest absolute Gasteiger partial charge is 0.406 e. The fourth-order valence-electron chi connectivity index (χ4n) is 1.99. The summed E-state index contributed by atoms with van der Waals surface area (Å²) in [6, 6.07) is 5.88. The third kappa shape index (κ3) is 4.02. The molecule has 0 radical (unpaired) electrons. The highest BCUT2D eigenvalue weighted by Crippen LogP contribution is 2.31. The first kappa shape index (κ1) is 17.1. The van der Waals surface area contributed by atoms with Gasteiger partial charge < -0.3 is 4.74 Å². The number of thiazole rings is 1. The van der Waals surface area contributed by atoms with Crippen molar-refractivity contribution in [2.75, 3.05) is 5.32 Å². The van der Waals surface area contributed by atoms with Gasteiger partial charge in [0, 0.05) is 6.07 Å². The van der Waals surface area contributed by atoms with Crippen molar-refractivity contribution in [3.63, 3.8) is 0 Å². The van der Waals surface area contributed by atoms with E-state index in [0.29, 0.717) is 10.2 Å². The van der Waals surface area contributed by atoms with E-state index in [1.807, 2.05) is 0 Å². The Hall–Kier alpha value is -2.75. The number of nitrogens with one attached hydrogen (secondary N) is 1. The summed E-state index contributed by atoms with van der Waals surface area (Å²) in [4.78, 5) is 16.0. The molecule has 0 aliphatic carbocycles. The lowest BCUT2D eigenvalue weighted by Crippen LogP contribution is -2.16. The second-order valence-corrected chi connectivity index (χ2v) is 5.81. The van der Waals surface area contributed by atoms with Gasteiger partial charge >= 0.3 is 6.36 Å². The molecule has 0 aliphatic heterocycles. The molecule has 3 aromatic rings. The highest BCUT2D eigenvalue weighted by molar-refractivity contribution is 7.22. The number of hydrogen-bond donors (Lipinski definition) is 1. The second-order valence-electron chi connectivity index (χ2n) is 4.77. The Morgan fingerprint density at radius 3 is 2.60 bits per heavy atom. The third-order valence-electron chi connectivity index (χ3n) is 2.99. The third-order valence-corrected chi connectivity index (χ3v) is 3.92. The molecule has 0 unspecified atom stereocenters. The number of ether oxygens (including phenoxy) is 1. The first-order chi connectivity index (χ1) is 11.7. The van der Waals surface area contributed by atoms with Crippen LogP contribution in [0.1, 0.15) is 10.4 Å². The number of aromatic nitrogens is 1. The number of nitrogens with zero attached hydrogens (tertiary/aromatic N) is 1. The van der Waals surface area contributed by atoms with Crippen molar-refractivity contribution < 1.29 is 31.5 Å². The lowest BCUT2D eigenvalue weighted by molar-refractivity contribution is -0.274. The number of carbonyl (C=O) groups excluding carboxylic acids is 1. The van der Waals surface area contributed by atoms with Gasteiger partial charge in [-0.2, -0.15) is 0 Å². The SMILES string of the molecule is O=C(Nc1nc2ccc(OC(F)(F)F)cc2s1)c1cc(F)ccc1F. The number of carbonyl (C=O) groups is 1. The number of halogens is 5. The maximum absolute atomic E-state index is 13.6. The number of fused-ring (bicyclic) bond motifs is 1. The highest BCUT2D eigenvalue weighted by atomic mass is 32.1. The number of benzene rings is 2. The van der Waals surface area contributed by atoms with Crippen LogP contribution in [0.5, 0.6) is 5.75 Å². The predicted molar refractivity (Wildman–Crippen MR) is 80.6 cm³/mol. The summed E-state index contributed by atoms with van der Waals surface area (Å²) in [6.07, 6.45) is -4.83. The largest absolute Gasteiger partial charge is 0.573 e. The fourth-order valence-corrected chi connectivity index (χ4v) is 2.88. The van der Waals surface area contributed by atoms with Crippen LogP contribution in [0, 0.1) is 11.6 Å². The van der Waals surface area contributed by atoms with Gasteiger partial charge in [-0.1, -0.05) is 11.3 Å². The van der Waals surface area contributed by atoms with E-state index in [0.717, 1.165) is 41.7 Å². The molecule has 10 heteroatoms. The highest BCUT2D eigenvalue weighted by Gasteiger charge is 2.31. The van der Waals surface area contributed by atoms with E-state index in [-0.39, 0.29) is 5.13 Å². The Kier molecular flexibility index (Phi) is 4.29. The second kappa shape index (κ2) is 6.28. The molecule has 0 aliphatic rings. The maximum Gasteiger partial charge on any atom is 0.573 e. The standard InChI is InChI=1S/C15H7F5N2O2S/c16-7-1-3-10(17)9(5-7)13(23)22-14-21-11-4-2-8(6-12(11)25-14)24-15(18,19)20/h1-6H,(H,21,22,23). The zero-order chi connectivity index (χ0) is 18.2. The molecule has 0 spiro atoms. The van der Waals surface area contributed by atoms with E-state index in [1.54, 1.807) is 0 Å². The van der Waals surface area contributed by atoms with E-state index < -0.39 is 35.2 Å². The molecule has 1 amide bonds. The zero-order valence-corrected chi connectivity index (χ0v) is 12.8. The molecule has 25 heavy (non-hydrogen) atoms. The van der Waals surface area contributed by atoms with Gasteiger partial charge in [0.25, 0.3) is 5.91 Å². The number of hydrogen-bond acceptors (Lipinski definition) is 4. The molecule has 0 saturated carbocycles. The van der Waals surface area contributed by atoms with Gasteiger partial charge in [0.2, 0.25) is 0 Å². The first-order valence-corrected chi connectivity index (χ1v) is 7.46. The molecule has 4 nitrogen and oxygen atoms in total. The molecule has 1 heterocycles. The Labute approximate surface area is 140 Å². The van der Waals surface area contributed by atoms with E-state index in [2.05, 4.69) is 15.0 Å². The monoisotopic (exact) mass is 374 g/mol. The van der Waals surface area contributed by atoms with Crippen LogP contribution in [0.2, 0.25) is 0 Å². The van der Waals surface area contributed by atoms with Crippen molar-refractivity contribution in [3.05, 3.63) is 53.6 Å². The molecule has 0 bridgehead atoms. The minimum Gasteiger partial charge on any atom is -0.406 e. The number of anilines is 1. The molecule has 0 fully saturated rings. The summed E-state index contributed by atoms with van der Waals surface area (Å²) in [7, 11) is 0. The first-order valence-electron chi connectivity index (χ1n) is 6.64. The van der Waals surface area contributed by atoms with Gasteiger partial charge in [0.05, 0.1) is 15.8 Å². The summed E-state index contributed by atoms with van der Waals surface area (Å²) in [5, 5.41) is 2.30. The van der Waals surface area contributed by atoms with Gasteiger partial charge in [-0.3, -0.25) is 10.1 Å². The molecular formula is C15H7F5N2O2S. The summed E-state index contributed by atoms with van der Waals surface area (Å²) in [5.41, 5.74) is -0.199. The van der Waals surface area contributed by atoms with Crippen LogP contribution in [-0.4, -0.2) is 17.3 Å². The molecule has 1 N–H and O–H groups in total. The van der Waals surface area contributed by atoms with Crippen LogP contribution in [0.4, 0.5) is 27.1 Å². The predicted octanol–water partition coefficient (Wildman–Crippen LogP) is 4.73. The summed E-state index contributed by atoms with van der Waals surface area (Å²) in [5.74, 6) is -3.06. The lowest BCUT2D eigenvalue weighted by atomic mass is 10.2. The van der Waals surface area contributed by atoms with Crippen LogP contribution in [0.25, 0.3) is 10.2 Å². The van der Waals surface area contributed by atoms with Gasteiger partial charge in [-0.05, 0) is 30.3 Å². The van der Waals surface area contributed by atoms with Gasteiger partial charge in [0.1, 0.15) is 17.4 Å². The van der Waals surface area contributed by atoms with E-state index in [1.165, 1.54) is 6.07 Å². The van der Waals surface area contributed by atoms with Crippen LogP contribution < -0.4 is 10.1 Å². The molecule has 130 valence electrons. The minimum atomic E-state index is -4.83. The van der Waals surface area contributed by atoms with E-state index >= 15 is 0 Å². The summed E-state index contributed by atoms with van der Waals surface area (Å²) in [6.45, 7) is 0. The lowest BCUT2D eigenvalue weighted by Gasteiger charge is -2.07. The molecule has 0 saturated heterocycles. The molecule has 0 atom stereocenters. The Morgan fingerprint density at radius 1 is 1.12 bits per heavy atom. The van der Waals surface area contributed by atoms with Gasteiger partial charge in [-0.15, -0.1) is 13.2 Å². The molecule has 1 aromatic heterocycles. The van der Waals surface area contributed by atoms with Crippen molar-refractivity contribution in [3.8, 4) is 5.75 Å². The average molecular weight is 374 g/mol. The van der Waals surface area contributed by atoms with Crippen molar-refractivity contribution in [1.82, 2.24) is 4.98 Å². The van der Waals surface area contributed by atoms with E-state index in [4.69, 9.17) is 0 Å². The average Bonchev–Trinajstić information content (AvgIpc) is 2.89.